The molecule has 2 rings (SSSR count). The largest absolute Gasteiger partial charge is 0.475 e. The molecule has 6 heteroatoms. The Balaban J connectivity index is 2.84. The fraction of sp³-hybridized carbons (Fsp3) is 0.167. The molecule has 0 aliphatic heterocycles. The smallest absolute Gasteiger partial charge is 0.372 e. The standard InChI is InChI=1S/C12H9ClO5/c1-5-7-3-6(13)4-8(12(16)17-2)10(7)18-9(5)11(14)15/h3-4H,1-2H3,(H,14,15). The molecule has 1 N–H and O–H groups in total. The number of esters is 1. The summed E-state index contributed by atoms with van der Waals surface area (Å²) in [6.45, 7) is 1.59. The molecule has 18 heavy (non-hydrogen) atoms. The first-order valence-corrected chi connectivity index (χ1v) is 5.37. The zero-order valence-corrected chi connectivity index (χ0v) is 10.4. The van der Waals surface area contributed by atoms with Crippen molar-refractivity contribution >= 4 is 34.5 Å². The van der Waals surface area contributed by atoms with E-state index < -0.39 is 11.9 Å². The fourth-order valence-electron chi connectivity index (χ4n) is 1.75. The van der Waals surface area contributed by atoms with Crippen LogP contribution in [0.1, 0.15) is 26.5 Å². The highest BCUT2D eigenvalue weighted by Crippen LogP contribution is 2.31. The van der Waals surface area contributed by atoms with Crippen molar-refractivity contribution in [2.45, 2.75) is 6.92 Å². The molecule has 94 valence electrons. The third-order valence-corrected chi connectivity index (χ3v) is 2.82. The molecule has 1 heterocycles. The van der Waals surface area contributed by atoms with Crippen molar-refractivity contribution in [1.29, 1.82) is 0 Å². The molecule has 0 unspecified atom stereocenters. The number of halogens is 1. The maximum absolute atomic E-state index is 11.6. The van der Waals surface area contributed by atoms with Gasteiger partial charge in [0.2, 0.25) is 5.76 Å². The quantitative estimate of drug-likeness (QED) is 0.848. The van der Waals surface area contributed by atoms with E-state index in [0.717, 1.165) is 0 Å². The minimum absolute atomic E-state index is 0.107. The number of furan rings is 1. The van der Waals surface area contributed by atoms with E-state index >= 15 is 0 Å². The van der Waals surface area contributed by atoms with Crippen LogP contribution in [0.5, 0.6) is 0 Å². The number of carbonyl (C=O) groups excluding carboxylic acids is 1. The van der Waals surface area contributed by atoms with Crippen LogP contribution in [0.15, 0.2) is 16.5 Å². The monoisotopic (exact) mass is 268 g/mol. The van der Waals surface area contributed by atoms with E-state index in [9.17, 15) is 9.59 Å². The summed E-state index contributed by atoms with van der Waals surface area (Å²) < 4.78 is 9.81. The number of carbonyl (C=O) groups is 2. The first-order chi connectivity index (χ1) is 8.45. The van der Waals surface area contributed by atoms with Gasteiger partial charge in [0, 0.05) is 16.0 Å². The number of carboxylic acids is 1. The van der Waals surface area contributed by atoms with Crippen LogP contribution in [0.2, 0.25) is 5.02 Å². The molecule has 0 aliphatic carbocycles. The van der Waals surface area contributed by atoms with Crippen LogP contribution in [0.4, 0.5) is 0 Å². The number of methoxy groups -OCH3 is 1. The van der Waals surface area contributed by atoms with Gasteiger partial charge in [0.1, 0.15) is 11.1 Å². The first-order valence-electron chi connectivity index (χ1n) is 5.00. The lowest BCUT2D eigenvalue weighted by molar-refractivity contribution is 0.0597. The number of hydrogen-bond donors (Lipinski definition) is 1. The summed E-state index contributed by atoms with van der Waals surface area (Å²) >= 11 is 5.89. The number of benzene rings is 1. The van der Waals surface area contributed by atoms with Gasteiger partial charge >= 0.3 is 11.9 Å². The van der Waals surface area contributed by atoms with Crippen LogP contribution >= 0.6 is 11.6 Å². The summed E-state index contributed by atoms with van der Waals surface area (Å²) in [6.07, 6.45) is 0. The van der Waals surface area contributed by atoms with Crippen LogP contribution in [-0.4, -0.2) is 24.2 Å². The number of aromatic carboxylic acids is 1. The van der Waals surface area contributed by atoms with Gasteiger partial charge < -0.3 is 14.3 Å². The third-order valence-electron chi connectivity index (χ3n) is 2.60. The second-order valence-electron chi connectivity index (χ2n) is 3.68. The van der Waals surface area contributed by atoms with Crippen molar-refractivity contribution in [2.75, 3.05) is 7.11 Å². The van der Waals surface area contributed by atoms with E-state index in [-0.39, 0.29) is 16.9 Å². The minimum atomic E-state index is -1.20. The summed E-state index contributed by atoms with van der Waals surface area (Å²) in [7, 11) is 1.23. The zero-order valence-electron chi connectivity index (χ0n) is 9.61. The number of ether oxygens (including phenoxy) is 1. The second-order valence-corrected chi connectivity index (χ2v) is 4.12. The lowest BCUT2D eigenvalue weighted by Gasteiger charge is -2.01. The van der Waals surface area contributed by atoms with Crippen LogP contribution in [-0.2, 0) is 4.74 Å². The molecule has 1 aromatic carbocycles. The van der Waals surface area contributed by atoms with E-state index in [2.05, 4.69) is 4.74 Å². The van der Waals surface area contributed by atoms with Gasteiger partial charge in [-0.15, -0.1) is 0 Å². The average molecular weight is 269 g/mol. The second kappa shape index (κ2) is 4.34. The summed E-state index contributed by atoms with van der Waals surface area (Å²) in [5, 5.41) is 9.78. The number of fused-ring (bicyclic) bond motifs is 1. The Labute approximate surface area is 107 Å². The molecule has 1 aromatic heterocycles. The molecule has 0 spiro atoms. The lowest BCUT2D eigenvalue weighted by Crippen LogP contribution is -2.01. The van der Waals surface area contributed by atoms with Gasteiger partial charge in [-0.2, -0.15) is 0 Å². The van der Waals surface area contributed by atoms with Gasteiger partial charge in [0.15, 0.2) is 0 Å². The van der Waals surface area contributed by atoms with Gasteiger partial charge in [-0.05, 0) is 19.1 Å². The summed E-state index contributed by atoms with van der Waals surface area (Å²) in [5.41, 5.74) is 0.696. The molecular formula is C12H9ClO5. The fourth-order valence-corrected chi connectivity index (χ4v) is 1.97. The Morgan fingerprint density at radius 1 is 1.39 bits per heavy atom. The first kappa shape index (κ1) is 12.4. The molecule has 0 fully saturated rings. The number of hydrogen-bond acceptors (Lipinski definition) is 4. The predicted molar refractivity (Wildman–Crippen MR) is 64.3 cm³/mol. The normalized spacial score (nSPS) is 10.6. The maximum atomic E-state index is 11.6. The molecule has 0 amide bonds. The SMILES string of the molecule is COC(=O)c1cc(Cl)cc2c(C)c(C(=O)O)oc12. The highest BCUT2D eigenvalue weighted by atomic mass is 35.5. The predicted octanol–water partition coefficient (Wildman–Crippen LogP) is 2.88. The molecule has 0 saturated carbocycles. The van der Waals surface area contributed by atoms with Gasteiger partial charge in [-0.3, -0.25) is 0 Å². The van der Waals surface area contributed by atoms with E-state index in [4.69, 9.17) is 21.1 Å². The zero-order chi connectivity index (χ0) is 13.4. The Kier molecular flexibility index (Phi) is 3.00. The van der Waals surface area contributed by atoms with Crippen LogP contribution < -0.4 is 0 Å². The van der Waals surface area contributed by atoms with Gasteiger partial charge in [-0.25, -0.2) is 9.59 Å². The third kappa shape index (κ3) is 1.82. The molecule has 0 aliphatic rings. The Bertz CT molecular complexity index is 656. The Hall–Kier alpha value is -2.01. The molecule has 0 atom stereocenters. The topological polar surface area (TPSA) is 76.7 Å². The number of rotatable bonds is 2. The summed E-state index contributed by atoms with van der Waals surface area (Å²) in [5.74, 6) is -2.04. The molecular weight excluding hydrogens is 260 g/mol. The Morgan fingerprint density at radius 3 is 2.61 bits per heavy atom. The Morgan fingerprint density at radius 2 is 2.06 bits per heavy atom. The van der Waals surface area contributed by atoms with Crippen molar-refractivity contribution in [3.05, 3.63) is 34.0 Å². The van der Waals surface area contributed by atoms with Crippen LogP contribution in [0.25, 0.3) is 11.0 Å². The van der Waals surface area contributed by atoms with E-state index in [1.54, 1.807) is 13.0 Å². The minimum Gasteiger partial charge on any atom is -0.475 e. The van der Waals surface area contributed by atoms with E-state index in [0.29, 0.717) is 16.0 Å². The number of carboxylic acid groups (broad SMARTS) is 1. The van der Waals surface area contributed by atoms with Crippen LogP contribution in [0.3, 0.4) is 0 Å². The average Bonchev–Trinajstić information content (AvgIpc) is 2.65. The van der Waals surface area contributed by atoms with E-state index in [1.165, 1.54) is 13.2 Å². The summed E-state index contributed by atoms with van der Waals surface area (Å²) in [4.78, 5) is 22.6. The van der Waals surface area contributed by atoms with Gasteiger partial charge in [0.05, 0.1) is 7.11 Å². The van der Waals surface area contributed by atoms with E-state index in [1.807, 2.05) is 0 Å². The molecule has 0 radical (unpaired) electrons. The summed E-state index contributed by atoms with van der Waals surface area (Å²) in [6, 6.07) is 2.93. The molecule has 0 saturated heterocycles. The van der Waals surface area contributed by atoms with Crippen molar-refractivity contribution in [3.63, 3.8) is 0 Å². The van der Waals surface area contributed by atoms with Gasteiger partial charge in [0.25, 0.3) is 0 Å². The molecule has 2 aromatic rings. The van der Waals surface area contributed by atoms with Crippen molar-refractivity contribution < 1.29 is 23.8 Å². The van der Waals surface area contributed by atoms with Crippen LogP contribution in [0, 0.1) is 6.92 Å². The molecule has 5 nitrogen and oxygen atoms in total. The molecule has 0 bridgehead atoms. The maximum Gasteiger partial charge on any atom is 0.372 e. The number of aryl methyl sites for hydroxylation is 1. The van der Waals surface area contributed by atoms with Crippen molar-refractivity contribution in [1.82, 2.24) is 0 Å². The van der Waals surface area contributed by atoms with Crippen molar-refractivity contribution in [3.8, 4) is 0 Å². The lowest BCUT2D eigenvalue weighted by atomic mass is 10.1. The highest BCUT2D eigenvalue weighted by Gasteiger charge is 2.22. The highest BCUT2D eigenvalue weighted by molar-refractivity contribution is 6.32. The van der Waals surface area contributed by atoms with Crippen molar-refractivity contribution in [2.24, 2.45) is 0 Å². The van der Waals surface area contributed by atoms with Gasteiger partial charge in [-0.1, -0.05) is 11.6 Å².